The van der Waals surface area contributed by atoms with Crippen LogP contribution in [0.2, 0.25) is 0 Å². The molecule has 0 saturated heterocycles. The summed E-state index contributed by atoms with van der Waals surface area (Å²) >= 11 is 0. The maximum Gasteiger partial charge on any atom is 0.120 e. The summed E-state index contributed by atoms with van der Waals surface area (Å²) < 4.78 is 5.30. The summed E-state index contributed by atoms with van der Waals surface area (Å²) in [5.41, 5.74) is 7.59. The van der Waals surface area contributed by atoms with Crippen molar-refractivity contribution in [3.8, 4) is 5.75 Å². The Hall–Kier alpha value is -1.22. The van der Waals surface area contributed by atoms with Gasteiger partial charge in [-0.15, -0.1) is 0 Å². The predicted molar refractivity (Wildman–Crippen MR) is 85.3 cm³/mol. The Labute approximate surface area is 123 Å². The molecule has 0 radical (unpaired) electrons. The van der Waals surface area contributed by atoms with E-state index in [1.54, 1.807) is 7.11 Å². The Balaban J connectivity index is 2.04. The van der Waals surface area contributed by atoms with Crippen molar-refractivity contribution in [2.24, 2.45) is 23.5 Å². The van der Waals surface area contributed by atoms with Crippen molar-refractivity contribution in [3.05, 3.63) is 24.3 Å². The molecule has 3 heteroatoms. The Morgan fingerprint density at radius 1 is 1.30 bits per heavy atom. The molecular formula is C17H28N2O. The van der Waals surface area contributed by atoms with Crippen LogP contribution in [0.4, 0.5) is 5.69 Å². The van der Waals surface area contributed by atoms with Crippen LogP contribution >= 0.6 is 0 Å². The maximum atomic E-state index is 6.39. The molecule has 2 N–H and O–H groups in total. The normalized spacial score (nSPS) is 30.1. The number of benzene rings is 1. The van der Waals surface area contributed by atoms with Crippen LogP contribution in [0.15, 0.2) is 24.3 Å². The highest BCUT2D eigenvalue weighted by Crippen LogP contribution is 2.34. The van der Waals surface area contributed by atoms with Crippen LogP contribution in [0.25, 0.3) is 0 Å². The molecule has 1 aromatic rings. The monoisotopic (exact) mass is 276 g/mol. The van der Waals surface area contributed by atoms with Crippen molar-refractivity contribution in [2.75, 3.05) is 25.6 Å². The first-order valence-corrected chi connectivity index (χ1v) is 7.62. The molecule has 1 aliphatic carbocycles. The topological polar surface area (TPSA) is 38.5 Å². The van der Waals surface area contributed by atoms with E-state index in [2.05, 4.69) is 37.9 Å². The lowest BCUT2D eigenvalue weighted by Crippen LogP contribution is -2.46. The molecule has 0 bridgehead atoms. The minimum atomic E-state index is 0.321. The van der Waals surface area contributed by atoms with E-state index in [0.29, 0.717) is 17.9 Å². The first kappa shape index (κ1) is 15.2. The Morgan fingerprint density at radius 3 is 2.70 bits per heavy atom. The molecule has 2 rings (SSSR count). The summed E-state index contributed by atoms with van der Waals surface area (Å²) in [5, 5.41) is 0. The minimum absolute atomic E-state index is 0.321. The van der Waals surface area contributed by atoms with Crippen LogP contribution in [0.1, 0.15) is 26.7 Å². The highest BCUT2D eigenvalue weighted by atomic mass is 16.5. The lowest BCUT2D eigenvalue weighted by Gasteiger charge is -2.40. The van der Waals surface area contributed by atoms with Gasteiger partial charge < -0.3 is 15.4 Å². The zero-order valence-electron chi connectivity index (χ0n) is 13.2. The van der Waals surface area contributed by atoms with E-state index in [9.17, 15) is 0 Å². The lowest BCUT2D eigenvalue weighted by atomic mass is 9.72. The smallest absolute Gasteiger partial charge is 0.120 e. The molecule has 0 aromatic heterocycles. The van der Waals surface area contributed by atoms with Gasteiger partial charge in [-0.3, -0.25) is 0 Å². The largest absolute Gasteiger partial charge is 0.497 e. The van der Waals surface area contributed by atoms with Crippen LogP contribution in [0.3, 0.4) is 0 Å². The zero-order chi connectivity index (χ0) is 14.7. The number of hydrogen-bond acceptors (Lipinski definition) is 3. The SMILES string of the molecule is COc1cccc(N(C)CC2C(C)CC(C)CC2N)c1. The molecule has 20 heavy (non-hydrogen) atoms. The Kier molecular flexibility index (Phi) is 4.92. The molecule has 1 fully saturated rings. The van der Waals surface area contributed by atoms with Crippen LogP contribution in [0, 0.1) is 17.8 Å². The van der Waals surface area contributed by atoms with Crippen LogP contribution in [0.5, 0.6) is 5.75 Å². The highest BCUT2D eigenvalue weighted by molar-refractivity contribution is 5.50. The van der Waals surface area contributed by atoms with E-state index < -0.39 is 0 Å². The van der Waals surface area contributed by atoms with E-state index in [1.807, 2.05) is 12.1 Å². The van der Waals surface area contributed by atoms with Crippen molar-refractivity contribution in [3.63, 3.8) is 0 Å². The predicted octanol–water partition coefficient (Wildman–Crippen LogP) is 3.14. The maximum absolute atomic E-state index is 6.39. The van der Waals surface area contributed by atoms with Gasteiger partial charge in [0.2, 0.25) is 0 Å². The number of nitrogens with zero attached hydrogens (tertiary/aromatic N) is 1. The fourth-order valence-corrected chi connectivity index (χ4v) is 3.55. The van der Waals surface area contributed by atoms with E-state index in [-0.39, 0.29) is 0 Å². The van der Waals surface area contributed by atoms with Crippen molar-refractivity contribution >= 4 is 5.69 Å². The number of rotatable bonds is 4. The van der Waals surface area contributed by atoms with Crippen molar-refractivity contribution < 1.29 is 4.74 Å². The van der Waals surface area contributed by atoms with Gasteiger partial charge in [0.1, 0.15) is 5.75 Å². The second-order valence-corrected chi connectivity index (χ2v) is 6.46. The van der Waals surface area contributed by atoms with Gasteiger partial charge >= 0.3 is 0 Å². The molecular weight excluding hydrogens is 248 g/mol. The quantitative estimate of drug-likeness (QED) is 0.918. The Bertz CT molecular complexity index is 423. The molecule has 1 aliphatic rings. The van der Waals surface area contributed by atoms with Crippen molar-refractivity contribution in [1.29, 1.82) is 0 Å². The lowest BCUT2D eigenvalue weighted by molar-refractivity contribution is 0.178. The minimum Gasteiger partial charge on any atom is -0.497 e. The second kappa shape index (κ2) is 6.49. The fraction of sp³-hybridized carbons (Fsp3) is 0.647. The summed E-state index contributed by atoms with van der Waals surface area (Å²) in [6.07, 6.45) is 2.45. The van der Waals surface area contributed by atoms with E-state index >= 15 is 0 Å². The third kappa shape index (κ3) is 3.45. The highest BCUT2D eigenvalue weighted by Gasteiger charge is 2.32. The number of nitrogens with two attached hydrogens (primary N) is 1. The molecule has 4 unspecified atom stereocenters. The average molecular weight is 276 g/mol. The van der Waals surface area contributed by atoms with Crippen molar-refractivity contribution in [1.82, 2.24) is 0 Å². The van der Waals surface area contributed by atoms with Gasteiger partial charge in [-0.25, -0.2) is 0 Å². The van der Waals surface area contributed by atoms with Gasteiger partial charge in [-0.1, -0.05) is 19.9 Å². The third-order valence-corrected chi connectivity index (χ3v) is 4.71. The van der Waals surface area contributed by atoms with Gasteiger partial charge in [0, 0.05) is 31.4 Å². The molecule has 3 nitrogen and oxygen atoms in total. The molecule has 0 amide bonds. The van der Waals surface area contributed by atoms with E-state index in [1.165, 1.54) is 12.1 Å². The zero-order valence-corrected chi connectivity index (χ0v) is 13.2. The number of ether oxygens (including phenoxy) is 1. The summed E-state index contributed by atoms with van der Waals surface area (Å²) in [4.78, 5) is 2.31. The Morgan fingerprint density at radius 2 is 2.05 bits per heavy atom. The van der Waals surface area contributed by atoms with Gasteiger partial charge in [0.05, 0.1) is 7.11 Å². The van der Waals surface area contributed by atoms with Crippen molar-refractivity contribution in [2.45, 2.75) is 32.7 Å². The molecule has 0 heterocycles. The van der Waals surface area contributed by atoms with Gasteiger partial charge in [0.15, 0.2) is 0 Å². The number of hydrogen-bond donors (Lipinski definition) is 1. The number of anilines is 1. The van der Waals surface area contributed by atoms with E-state index in [0.717, 1.165) is 24.6 Å². The summed E-state index contributed by atoms with van der Waals surface area (Å²) in [5.74, 6) is 2.94. The first-order valence-electron chi connectivity index (χ1n) is 7.62. The van der Waals surface area contributed by atoms with Gasteiger partial charge in [-0.05, 0) is 42.7 Å². The molecule has 112 valence electrons. The van der Waals surface area contributed by atoms with Crippen LogP contribution in [-0.2, 0) is 0 Å². The standard InChI is InChI=1S/C17H28N2O/c1-12-8-13(2)16(17(18)9-12)11-19(3)14-6-5-7-15(10-14)20-4/h5-7,10,12-13,16-17H,8-9,11,18H2,1-4H3. The van der Waals surface area contributed by atoms with Crippen LogP contribution in [-0.4, -0.2) is 26.7 Å². The summed E-state index contributed by atoms with van der Waals surface area (Å²) in [7, 11) is 3.85. The first-order chi connectivity index (χ1) is 9.51. The fourth-order valence-electron chi connectivity index (χ4n) is 3.55. The molecule has 1 aromatic carbocycles. The number of methoxy groups -OCH3 is 1. The molecule has 4 atom stereocenters. The van der Waals surface area contributed by atoms with Gasteiger partial charge in [-0.2, -0.15) is 0 Å². The third-order valence-electron chi connectivity index (χ3n) is 4.71. The molecule has 0 aliphatic heterocycles. The molecule has 1 saturated carbocycles. The van der Waals surface area contributed by atoms with Gasteiger partial charge in [0.25, 0.3) is 0 Å². The van der Waals surface area contributed by atoms with Crippen LogP contribution < -0.4 is 15.4 Å². The summed E-state index contributed by atoms with van der Waals surface area (Å²) in [6, 6.07) is 8.55. The second-order valence-electron chi connectivity index (χ2n) is 6.46. The molecule has 0 spiro atoms. The average Bonchev–Trinajstić information content (AvgIpc) is 2.42. The summed E-state index contributed by atoms with van der Waals surface area (Å²) in [6.45, 7) is 5.68. The van der Waals surface area contributed by atoms with E-state index in [4.69, 9.17) is 10.5 Å².